The first-order chi connectivity index (χ1) is 8.20. The molecule has 0 atom stereocenters. The van der Waals surface area contributed by atoms with Crippen LogP contribution in [0.4, 0.5) is 5.69 Å². The number of halogens is 1. The van der Waals surface area contributed by atoms with E-state index in [4.69, 9.17) is 0 Å². The molecule has 17 heavy (non-hydrogen) atoms. The van der Waals surface area contributed by atoms with Crippen molar-refractivity contribution < 1.29 is 0 Å². The molecule has 0 amide bonds. The number of hydrogen-bond acceptors (Lipinski definition) is 2. The average Bonchev–Trinajstić information content (AvgIpc) is 2.31. The van der Waals surface area contributed by atoms with Crippen LogP contribution in [0.5, 0.6) is 0 Å². The van der Waals surface area contributed by atoms with E-state index in [-0.39, 0.29) is 0 Å². The van der Waals surface area contributed by atoms with Gasteiger partial charge in [0.15, 0.2) is 0 Å². The number of piperidine rings is 1. The van der Waals surface area contributed by atoms with Crippen molar-refractivity contribution in [3.63, 3.8) is 0 Å². The number of anilines is 1. The van der Waals surface area contributed by atoms with Gasteiger partial charge >= 0.3 is 0 Å². The summed E-state index contributed by atoms with van der Waals surface area (Å²) in [4.78, 5) is 2.53. The highest BCUT2D eigenvalue weighted by atomic mass is 79.9. The van der Waals surface area contributed by atoms with E-state index >= 15 is 0 Å². The molecule has 1 aliphatic heterocycles. The van der Waals surface area contributed by atoms with Gasteiger partial charge in [0, 0.05) is 29.8 Å². The maximum atomic E-state index is 3.55. The second-order valence-electron chi connectivity index (χ2n) is 4.97. The molecule has 1 aromatic carbocycles. The van der Waals surface area contributed by atoms with Gasteiger partial charge in [0.25, 0.3) is 0 Å². The fraction of sp³-hybridized carbons (Fsp3) is 0.571. The van der Waals surface area contributed by atoms with Crippen LogP contribution >= 0.6 is 15.9 Å². The minimum absolute atomic E-state index is 0.884. The molecular weight excluding hydrogens is 276 g/mol. The maximum Gasteiger partial charge on any atom is 0.0412 e. The summed E-state index contributed by atoms with van der Waals surface area (Å²) in [6.07, 6.45) is 2.63. The molecule has 1 saturated heterocycles. The van der Waals surface area contributed by atoms with Crippen LogP contribution in [0.2, 0.25) is 0 Å². The van der Waals surface area contributed by atoms with Gasteiger partial charge in [-0.1, -0.05) is 22.9 Å². The molecule has 0 bridgehead atoms. The Kier molecular flexibility index (Phi) is 4.46. The molecule has 1 aromatic rings. The highest BCUT2D eigenvalue weighted by molar-refractivity contribution is 9.10. The summed E-state index contributed by atoms with van der Waals surface area (Å²) < 4.78 is 1.16. The smallest absolute Gasteiger partial charge is 0.0412 e. The van der Waals surface area contributed by atoms with E-state index in [1.807, 2.05) is 7.05 Å². The Morgan fingerprint density at radius 1 is 1.35 bits per heavy atom. The van der Waals surface area contributed by atoms with Crippen LogP contribution in [0.15, 0.2) is 22.7 Å². The Balaban J connectivity index is 2.18. The first kappa shape index (κ1) is 12.9. The molecule has 1 N–H and O–H groups in total. The highest BCUT2D eigenvalue weighted by Gasteiger charge is 2.18. The van der Waals surface area contributed by atoms with Crippen LogP contribution in [0, 0.1) is 5.92 Å². The Morgan fingerprint density at radius 2 is 2.06 bits per heavy atom. The third kappa shape index (κ3) is 3.23. The SMILES string of the molecule is CNCc1cc(Br)ccc1N1CCC(C)CC1. The van der Waals surface area contributed by atoms with Gasteiger partial charge in [-0.2, -0.15) is 0 Å². The fourth-order valence-corrected chi connectivity index (χ4v) is 2.85. The third-order valence-corrected chi connectivity index (χ3v) is 4.03. The average molecular weight is 297 g/mol. The van der Waals surface area contributed by atoms with Gasteiger partial charge in [0.05, 0.1) is 0 Å². The zero-order chi connectivity index (χ0) is 12.3. The molecule has 1 aliphatic rings. The molecule has 3 heteroatoms. The molecule has 0 aromatic heterocycles. The van der Waals surface area contributed by atoms with Crippen LogP contribution in [0.25, 0.3) is 0 Å². The Bertz CT molecular complexity index is 370. The topological polar surface area (TPSA) is 15.3 Å². The van der Waals surface area contributed by atoms with Crippen molar-refractivity contribution in [3.05, 3.63) is 28.2 Å². The predicted octanol–water partition coefficient (Wildman–Crippen LogP) is 3.40. The third-order valence-electron chi connectivity index (χ3n) is 3.53. The molecule has 1 heterocycles. The molecule has 0 aliphatic carbocycles. The van der Waals surface area contributed by atoms with E-state index in [9.17, 15) is 0 Å². The second-order valence-corrected chi connectivity index (χ2v) is 5.89. The molecule has 0 unspecified atom stereocenters. The summed E-state index contributed by atoms with van der Waals surface area (Å²) in [5.41, 5.74) is 2.78. The van der Waals surface area contributed by atoms with Crippen LogP contribution in [-0.4, -0.2) is 20.1 Å². The van der Waals surface area contributed by atoms with Crippen LogP contribution in [-0.2, 0) is 6.54 Å². The lowest BCUT2D eigenvalue weighted by Crippen LogP contribution is -2.33. The molecule has 2 nitrogen and oxygen atoms in total. The van der Waals surface area contributed by atoms with Crippen molar-refractivity contribution in [1.82, 2.24) is 5.32 Å². The number of benzene rings is 1. The van der Waals surface area contributed by atoms with Crippen molar-refractivity contribution in [3.8, 4) is 0 Å². The van der Waals surface area contributed by atoms with Crippen molar-refractivity contribution in [2.24, 2.45) is 5.92 Å². The molecule has 94 valence electrons. The van der Waals surface area contributed by atoms with E-state index < -0.39 is 0 Å². The lowest BCUT2D eigenvalue weighted by molar-refractivity contribution is 0.438. The summed E-state index contributed by atoms with van der Waals surface area (Å²) >= 11 is 3.55. The number of hydrogen-bond donors (Lipinski definition) is 1. The van der Waals surface area contributed by atoms with Gasteiger partial charge in [-0.25, -0.2) is 0 Å². The Morgan fingerprint density at radius 3 is 2.71 bits per heavy atom. The van der Waals surface area contributed by atoms with Crippen molar-refractivity contribution in [1.29, 1.82) is 0 Å². The quantitative estimate of drug-likeness (QED) is 0.920. The number of nitrogens with zero attached hydrogens (tertiary/aromatic N) is 1. The summed E-state index contributed by atoms with van der Waals surface area (Å²) in [5, 5.41) is 3.25. The van der Waals surface area contributed by atoms with Gasteiger partial charge < -0.3 is 10.2 Å². The van der Waals surface area contributed by atoms with Crippen LogP contribution < -0.4 is 10.2 Å². The summed E-state index contributed by atoms with van der Waals surface area (Å²) in [6, 6.07) is 6.61. The molecule has 0 saturated carbocycles. The van der Waals surface area contributed by atoms with Crippen LogP contribution in [0.3, 0.4) is 0 Å². The molecule has 0 radical (unpaired) electrons. The first-order valence-corrected chi connectivity index (χ1v) is 7.18. The van der Waals surface area contributed by atoms with E-state index in [0.29, 0.717) is 0 Å². The number of nitrogens with one attached hydrogen (secondary N) is 1. The molecule has 1 fully saturated rings. The molecule has 0 spiro atoms. The first-order valence-electron chi connectivity index (χ1n) is 6.38. The Labute approximate surface area is 113 Å². The van der Waals surface area contributed by atoms with Gasteiger partial charge in [0.1, 0.15) is 0 Å². The van der Waals surface area contributed by atoms with Gasteiger partial charge in [-0.05, 0) is 49.6 Å². The van der Waals surface area contributed by atoms with Gasteiger partial charge in [0.2, 0.25) is 0 Å². The van der Waals surface area contributed by atoms with Crippen molar-refractivity contribution in [2.45, 2.75) is 26.3 Å². The standard InChI is InChI=1S/C14H21BrN2/c1-11-5-7-17(8-6-11)14-4-3-13(15)9-12(14)10-16-2/h3-4,9,11,16H,5-8,10H2,1-2H3. The summed E-state index contributed by atoms with van der Waals surface area (Å²) in [6.45, 7) is 5.67. The van der Waals surface area contributed by atoms with E-state index in [1.165, 1.54) is 37.2 Å². The van der Waals surface area contributed by atoms with Gasteiger partial charge in [-0.3, -0.25) is 0 Å². The molecule has 2 rings (SSSR count). The molecular formula is C14H21BrN2. The van der Waals surface area contributed by atoms with E-state index in [0.717, 1.165) is 16.9 Å². The summed E-state index contributed by atoms with van der Waals surface area (Å²) in [5.74, 6) is 0.884. The summed E-state index contributed by atoms with van der Waals surface area (Å²) in [7, 11) is 2.00. The van der Waals surface area contributed by atoms with Gasteiger partial charge in [-0.15, -0.1) is 0 Å². The lowest BCUT2D eigenvalue weighted by atomic mass is 9.98. The van der Waals surface area contributed by atoms with Crippen molar-refractivity contribution in [2.75, 3.05) is 25.0 Å². The van der Waals surface area contributed by atoms with Crippen molar-refractivity contribution >= 4 is 21.6 Å². The normalized spacial score (nSPS) is 17.5. The fourth-order valence-electron chi connectivity index (χ4n) is 2.44. The van der Waals surface area contributed by atoms with E-state index in [1.54, 1.807) is 0 Å². The van der Waals surface area contributed by atoms with Crippen LogP contribution in [0.1, 0.15) is 25.3 Å². The monoisotopic (exact) mass is 296 g/mol. The predicted molar refractivity (Wildman–Crippen MR) is 77.5 cm³/mol. The largest absolute Gasteiger partial charge is 0.371 e. The maximum absolute atomic E-state index is 3.55. The second kappa shape index (κ2) is 5.87. The highest BCUT2D eigenvalue weighted by Crippen LogP contribution is 2.28. The zero-order valence-corrected chi connectivity index (χ0v) is 12.3. The van der Waals surface area contributed by atoms with E-state index in [2.05, 4.69) is 51.3 Å². The number of rotatable bonds is 3. The minimum atomic E-state index is 0.884. The Hall–Kier alpha value is -0.540. The lowest BCUT2D eigenvalue weighted by Gasteiger charge is -2.33. The zero-order valence-electron chi connectivity index (χ0n) is 10.7. The minimum Gasteiger partial charge on any atom is -0.371 e.